The van der Waals surface area contributed by atoms with Gasteiger partial charge in [0, 0.05) is 32.9 Å². The van der Waals surface area contributed by atoms with Gasteiger partial charge in [-0.15, -0.1) is 0 Å². The van der Waals surface area contributed by atoms with Crippen molar-refractivity contribution in [2.45, 2.75) is 29.8 Å². The molecule has 3 atom stereocenters. The van der Waals surface area contributed by atoms with E-state index < -0.39 is 28.8 Å². The van der Waals surface area contributed by atoms with Crippen molar-refractivity contribution >= 4 is 44.9 Å². The van der Waals surface area contributed by atoms with Gasteiger partial charge in [0.1, 0.15) is 5.41 Å². The maximum absolute atomic E-state index is 14.5. The van der Waals surface area contributed by atoms with E-state index in [0.717, 1.165) is 10.9 Å². The van der Waals surface area contributed by atoms with Gasteiger partial charge in [-0.3, -0.25) is 24.1 Å². The van der Waals surface area contributed by atoms with Gasteiger partial charge in [-0.2, -0.15) is 0 Å². The summed E-state index contributed by atoms with van der Waals surface area (Å²) in [4.78, 5) is 59.6. The Balaban J connectivity index is 1.57. The Hall–Kier alpha value is -3.42. The zero-order valence-corrected chi connectivity index (χ0v) is 20.7. The molecule has 1 amide bonds. The minimum absolute atomic E-state index is 0.223. The Kier molecular flexibility index (Phi) is 4.43. The van der Waals surface area contributed by atoms with E-state index in [4.69, 9.17) is 0 Å². The van der Waals surface area contributed by atoms with Gasteiger partial charge >= 0.3 is 0 Å². The monoisotopic (exact) mass is 540 g/mol. The van der Waals surface area contributed by atoms with E-state index in [1.807, 2.05) is 4.90 Å². The summed E-state index contributed by atoms with van der Waals surface area (Å²) in [5, 5.41) is 2.95. The van der Waals surface area contributed by atoms with Crippen LogP contribution >= 0.6 is 15.9 Å². The number of halogens is 1. The van der Waals surface area contributed by atoms with E-state index in [9.17, 15) is 19.2 Å². The molecule has 2 fully saturated rings. The van der Waals surface area contributed by atoms with Crippen LogP contribution < -0.4 is 5.32 Å². The van der Waals surface area contributed by atoms with Crippen LogP contribution in [-0.4, -0.2) is 46.3 Å². The second-order valence-electron chi connectivity index (χ2n) is 9.97. The molecule has 4 aliphatic rings. The minimum Gasteiger partial charge on any atom is -0.325 e. The van der Waals surface area contributed by atoms with Gasteiger partial charge in [0.05, 0.1) is 5.92 Å². The zero-order chi connectivity index (χ0) is 24.8. The first-order valence-electron chi connectivity index (χ1n) is 12.1. The van der Waals surface area contributed by atoms with E-state index in [0.29, 0.717) is 40.9 Å². The lowest BCUT2D eigenvalue weighted by atomic mass is 9.57. The summed E-state index contributed by atoms with van der Waals surface area (Å²) in [5.74, 6) is -2.34. The van der Waals surface area contributed by atoms with E-state index in [-0.39, 0.29) is 17.3 Å². The molecule has 3 aromatic rings. The quantitative estimate of drug-likeness (QED) is 0.384. The van der Waals surface area contributed by atoms with E-state index in [1.165, 1.54) is 0 Å². The molecule has 0 radical (unpaired) electrons. The number of fused-ring (bicyclic) bond motifs is 6. The lowest BCUT2D eigenvalue weighted by Gasteiger charge is -2.42. The predicted octanol–water partition coefficient (Wildman–Crippen LogP) is 4.43. The Morgan fingerprint density at radius 2 is 1.53 bits per heavy atom. The highest BCUT2D eigenvalue weighted by Crippen LogP contribution is 2.64. The molecule has 36 heavy (non-hydrogen) atoms. The number of ketones is 3. The molecular formula is C29H21BrN2O4. The topological polar surface area (TPSA) is 83.6 Å². The molecule has 3 heterocycles. The summed E-state index contributed by atoms with van der Waals surface area (Å²) in [5.41, 5.74) is -1.28. The molecule has 0 saturated carbocycles. The standard InChI is InChI=1S/C29H21BrN2O4/c30-17-13-11-16(12-14-17)24(33)23-22-10-5-15-32(22)29(25(34)18-6-1-2-7-19(18)26(29)35)28(23)20-8-3-4-9-21(20)31-27(28)36/h1-4,6-9,11-14,22-23H,5,10,15H2,(H,31,36)/t22?,23-,28+/m0/s1. The molecule has 2 spiro atoms. The summed E-state index contributed by atoms with van der Waals surface area (Å²) >= 11 is 3.42. The predicted molar refractivity (Wildman–Crippen MR) is 136 cm³/mol. The third kappa shape index (κ3) is 2.31. The highest BCUT2D eigenvalue weighted by molar-refractivity contribution is 9.10. The molecule has 0 aromatic heterocycles. The normalized spacial score (nSPS) is 27.4. The van der Waals surface area contributed by atoms with E-state index in [1.54, 1.807) is 72.8 Å². The number of amides is 1. The van der Waals surface area contributed by atoms with Gasteiger partial charge in [0.25, 0.3) is 0 Å². The smallest absolute Gasteiger partial charge is 0.238 e. The summed E-state index contributed by atoms with van der Waals surface area (Å²) in [6, 6.07) is 20.6. The van der Waals surface area contributed by atoms with Crippen molar-refractivity contribution in [3.8, 4) is 0 Å². The molecule has 0 bridgehead atoms. The van der Waals surface area contributed by atoms with Crippen molar-refractivity contribution in [2.75, 3.05) is 11.9 Å². The van der Waals surface area contributed by atoms with Gasteiger partial charge in [0.15, 0.2) is 22.9 Å². The number of carbonyl (C=O) groups excluding carboxylic acids is 4. The van der Waals surface area contributed by atoms with Gasteiger partial charge in [-0.05, 0) is 43.1 Å². The van der Waals surface area contributed by atoms with Gasteiger partial charge in [0.2, 0.25) is 5.91 Å². The molecule has 6 nitrogen and oxygen atoms in total. The molecule has 1 aliphatic carbocycles. The fraction of sp³-hybridized carbons (Fsp3) is 0.241. The number of nitrogens with one attached hydrogen (secondary N) is 1. The number of rotatable bonds is 2. The maximum Gasteiger partial charge on any atom is 0.238 e. The first kappa shape index (κ1) is 21.8. The summed E-state index contributed by atoms with van der Waals surface area (Å²) < 4.78 is 0.833. The number of nitrogens with zero attached hydrogens (tertiary/aromatic N) is 1. The van der Waals surface area contributed by atoms with Crippen molar-refractivity contribution in [3.63, 3.8) is 0 Å². The van der Waals surface area contributed by atoms with Crippen LogP contribution in [0, 0.1) is 5.92 Å². The fourth-order valence-electron chi connectivity index (χ4n) is 7.40. The van der Waals surface area contributed by atoms with Gasteiger partial charge in [-0.1, -0.05) is 70.5 Å². The maximum atomic E-state index is 14.5. The minimum atomic E-state index is -1.80. The molecule has 3 aromatic carbocycles. The van der Waals surface area contributed by atoms with Crippen molar-refractivity contribution < 1.29 is 19.2 Å². The van der Waals surface area contributed by atoms with Crippen LogP contribution in [0.3, 0.4) is 0 Å². The largest absolute Gasteiger partial charge is 0.325 e. The van der Waals surface area contributed by atoms with Crippen LogP contribution in [0.2, 0.25) is 0 Å². The van der Waals surface area contributed by atoms with Gasteiger partial charge < -0.3 is 5.32 Å². The van der Waals surface area contributed by atoms with Crippen molar-refractivity contribution in [2.24, 2.45) is 5.92 Å². The van der Waals surface area contributed by atoms with Gasteiger partial charge in [-0.25, -0.2) is 0 Å². The second-order valence-corrected chi connectivity index (χ2v) is 10.9. The zero-order valence-electron chi connectivity index (χ0n) is 19.2. The number of hydrogen-bond donors (Lipinski definition) is 1. The molecule has 2 saturated heterocycles. The summed E-state index contributed by atoms with van der Waals surface area (Å²) in [6.45, 7) is 0.470. The molecule has 1 unspecified atom stereocenters. The number of hydrogen-bond acceptors (Lipinski definition) is 5. The van der Waals surface area contributed by atoms with Crippen LogP contribution in [0.4, 0.5) is 5.69 Å². The number of para-hydroxylation sites is 1. The lowest BCUT2D eigenvalue weighted by molar-refractivity contribution is -0.123. The molecule has 7 heteroatoms. The Morgan fingerprint density at radius 1 is 0.889 bits per heavy atom. The van der Waals surface area contributed by atoms with E-state index >= 15 is 0 Å². The third-order valence-electron chi connectivity index (χ3n) is 8.60. The SMILES string of the molecule is O=C(c1ccc(Br)cc1)[C@@H]1C2CCCN2C2(C(=O)c3ccccc3C2=O)[C@@]12C(=O)Nc1ccccc12. The molecule has 3 aliphatic heterocycles. The van der Waals surface area contributed by atoms with Crippen LogP contribution in [0.25, 0.3) is 0 Å². The number of benzene rings is 3. The first-order valence-corrected chi connectivity index (χ1v) is 12.9. The van der Waals surface area contributed by atoms with Crippen molar-refractivity contribution in [3.05, 3.63) is 99.5 Å². The summed E-state index contributed by atoms with van der Waals surface area (Å²) in [7, 11) is 0. The van der Waals surface area contributed by atoms with Crippen LogP contribution in [0.5, 0.6) is 0 Å². The van der Waals surface area contributed by atoms with E-state index in [2.05, 4.69) is 21.2 Å². The number of carbonyl (C=O) groups is 4. The Labute approximate surface area is 215 Å². The van der Waals surface area contributed by atoms with Crippen LogP contribution in [0.1, 0.15) is 49.5 Å². The molecule has 178 valence electrons. The fourth-order valence-corrected chi connectivity index (χ4v) is 7.66. The van der Waals surface area contributed by atoms with Crippen LogP contribution in [-0.2, 0) is 10.2 Å². The average molecular weight is 541 g/mol. The first-order chi connectivity index (χ1) is 17.4. The molecule has 1 N–H and O–H groups in total. The summed E-state index contributed by atoms with van der Waals surface area (Å²) in [6.07, 6.45) is 1.37. The number of anilines is 1. The highest BCUT2D eigenvalue weighted by Gasteiger charge is 2.83. The second kappa shape index (κ2) is 7.31. The van der Waals surface area contributed by atoms with Crippen molar-refractivity contribution in [1.29, 1.82) is 0 Å². The molecule has 7 rings (SSSR count). The third-order valence-corrected chi connectivity index (χ3v) is 9.12. The molecular weight excluding hydrogens is 520 g/mol. The Bertz CT molecular complexity index is 1480. The lowest BCUT2D eigenvalue weighted by Crippen LogP contribution is -2.67. The number of Topliss-reactive ketones (excluding diaryl/α,β-unsaturated/α-hetero) is 3. The van der Waals surface area contributed by atoms with Crippen LogP contribution in [0.15, 0.2) is 77.3 Å². The highest BCUT2D eigenvalue weighted by atomic mass is 79.9. The average Bonchev–Trinajstić information content (AvgIpc) is 3.59. The van der Waals surface area contributed by atoms with Crippen molar-refractivity contribution in [1.82, 2.24) is 4.90 Å². The Morgan fingerprint density at radius 3 is 2.22 bits per heavy atom.